The first-order valence-corrected chi connectivity index (χ1v) is 10.9. The number of hydrogen-bond donors (Lipinski definition) is 1. The average molecular weight is 413 g/mol. The van der Waals surface area contributed by atoms with E-state index < -0.39 is 0 Å². The van der Waals surface area contributed by atoms with Gasteiger partial charge in [0.25, 0.3) is 0 Å². The van der Waals surface area contributed by atoms with Gasteiger partial charge in [0, 0.05) is 45.3 Å². The molecule has 0 aromatic heterocycles. The van der Waals surface area contributed by atoms with Crippen molar-refractivity contribution in [2.45, 2.75) is 25.7 Å². The van der Waals surface area contributed by atoms with E-state index in [2.05, 4.69) is 10.2 Å². The minimum atomic E-state index is -0.283. The highest BCUT2D eigenvalue weighted by Crippen LogP contribution is 2.11. The minimum absolute atomic E-state index is 0.00925. The Morgan fingerprint density at radius 2 is 1.43 bits per heavy atom. The van der Waals surface area contributed by atoms with Crippen LogP contribution >= 0.6 is 0 Å². The van der Waals surface area contributed by atoms with E-state index in [1.165, 1.54) is 18.9 Å². The van der Waals surface area contributed by atoms with Gasteiger partial charge in [0.1, 0.15) is 0 Å². The predicted molar refractivity (Wildman–Crippen MR) is 117 cm³/mol. The number of nitrogens with one attached hydrogen (secondary N) is 1. The minimum Gasteiger partial charge on any atom is -0.343 e. The largest absolute Gasteiger partial charge is 0.343 e. The van der Waals surface area contributed by atoms with Crippen molar-refractivity contribution in [2.24, 2.45) is 0 Å². The Kier molecular flexibility index (Phi) is 8.44. The maximum absolute atomic E-state index is 12.5. The summed E-state index contributed by atoms with van der Waals surface area (Å²) in [7, 11) is 0. The van der Waals surface area contributed by atoms with Crippen LogP contribution in [0, 0.1) is 0 Å². The molecule has 0 bridgehead atoms. The molecule has 3 rings (SSSR count). The maximum atomic E-state index is 12.5. The van der Waals surface area contributed by atoms with Gasteiger partial charge >= 0.3 is 0 Å². The summed E-state index contributed by atoms with van der Waals surface area (Å²) >= 11 is 0. The van der Waals surface area contributed by atoms with E-state index in [1.807, 2.05) is 35.2 Å². The van der Waals surface area contributed by atoms with Crippen LogP contribution in [0.25, 0.3) is 6.08 Å². The zero-order valence-electron chi connectivity index (χ0n) is 17.6. The van der Waals surface area contributed by atoms with Crippen LogP contribution in [0.5, 0.6) is 0 Å². The first kappa shape index (κ1) is 22.0. The molecule has 2 saturated heterocycles. The third kappa shape index (κ3) is 6.99. The van der Waals surface area contributed by atoms with Gasteiger partial charge in [0.2, 0.25) is 17.7 Å². The normalized spacial score (nSPS) is 18.3. The van der Waals surface area contributed by atoms with Crippen LogP contribution < -0.4 is 5.32 Å². The third-order valence-corrected chi connectivity index (χ3v) is 5.68. The lowest BCUT2D eigenvalue weighted by Gasteiger charge is -2.35. The van der Waals surface area contributed by atoms with Gasteiger partial charge in [-0.2, -0.15) is 0 Å². The summed E-state index contributed by atoms with van der Waals surface area (Å²) in [5.41, 5.74) is 0.935. The summed E-state index contributed by atoms with van der Waals surface area (Å²) in [5, 5.41) is 2.65. The van der Waals surface area contributed by atoms with Crippen LogP contribution in [0.1, 0.15) is 31.2 Å². The molecule has 3 amide bonds. The summed E-state index contributed by atoms with van der Waals surface area (Å²) in [6.07, 6.45) is 7.78. The van der Waals surface area contributed by atoms with Gasteiger partial charge in [-0.25, -0.2) is 0 Å². The quantitative estimate of drug-likeness (QED) is 0.716. The molecule has 2 aliphatic rings. The molecule has 7 nitrogen and oxygen atoms in total. The Balaban J connectivity index is 1.35. The van der Waals surface area contributed by atoms with Crippen LogP contribution in [0.15, 0.2) is 36.4 Å². The van der Waals surface area contributed by atoms with Crippen molar-refractivity contribution < 1.29 is 14.4 Å². The first-order chi connectivity index (χ1) is 14.6. The molecule has 2 aliphatic heterocycles. The van der Waals surface area contributed by atoms with E-state index in [0.717, 1.165) is 31.5 Å². The van der Waals surface area contributed by atoms with Gasteiger partial charge in [0.15, 0.2) is 0 Å². The highest BCUT2D eigenvalue weighted by atomic mass is 16.2. The smallest absolute Gasteiger partial charge is 0.244 e. The summed E-state index contributed by atoms with van der Waals surface area (Å²) in [5.74, 6) is -0.169. The van der Waals surface area contributed by atoms with Gasteiger partial charge < -0.3 is 15.1 Å². The Morgan fingerprint density at radius 3 is 2.10 bits per heavy atom. The second kappa shape index (κ2) is 11.5. The first-order valence-electron chi connectivity index (χ1n) is 10.9. The highest BCUT2D eigenvalue weighted by molar-refractivity contribution is 5.94. The fourth-order valence-corrected chi connectivity index (χ4v) is 3.84. The average Bonchev–Trinajstić information content (AvgIpc) is 3.07. The van der Waals surface area contributed by atoms with Gasteiger partial charge in [0.05, 0.1) is 13.1 Å². The molecular formula is C23H32N4O3. The number of carbonyl (C=O) groups excluding carboxylic acids is 3. The Morgan fingerprint density at radius 1 is 0.800 bits per heavy atom. The molecule has 0 atom stereocenters. The second-order valence-electron chi connectivity index (χ2n) is 7.91. The van der Waals surface area contributed by atoms with Crippen molar-refractivity contribution in [3.05, 3.63) is 42.0 Å². The number of piperazine rings is 1. The van der Waals surface area contributed by atoms with Gasteiger partial charge in [-0.1, -0.05) is 43.2 Å². The number of benzene rings is 1. The molecule has 0 radical (unpaired) electrons. The zero-order chi connectivity index (χ0) is 21.2. The van der Waals surface area contributed by atoms with Crippen molar-refractivity contribution in [1.29, 1.82) is 0 Å². The lowest BCUT2D eigenvalue weighted by Crippen LogP contribution is -2.53. The Bertz CT molecular complexity index is 734. The number of hydrogen-bond acceptors (Lipinski definition) is 4. The molecule has 0 saturated carbocycles. The van der Waals surface area contributed by atoms with E-state index in [0.29, 0.717) is 32.7 Å². The van der Waals surface area contributed by atoms with Crippen LogP contribution in [0.3, 0.4) is 0 Å². The maximum Gasteiger partial charge on any atom is 0.244 e. The zero-order valence-corrected chi connectivity index (χ0v) is 17.6. The molecule has 2 fully saturated rings. The van der Waals surface area contributed by atoms with Crippen LogP contribution in [0.2, 0.25) is 0 Å². The number of likely N-dealkylation sites (tertiary alicyclic amines) is 1. The molecule has 7 heteroatoms. The second-order valence-corrected chi connectivity index (χ2v) is 7.91. The summed E-state index contributed by atoms with van der Waals surface area (Å²) < 4.78 is 0. The van der Waals surface area contributed by atoms with Crippen molar-refractivity contribution >= 4 is 23.8 Å². The fourth-order valence-electron chi connectivity index (χ4n) is 3.84. The topological polar surface area (TPSA) is 73.0 Å². The van der Waals surface area contributed by atoms with Crippen LogP contribution in [0.4, 0.5) is 0 Å². The molecule has 1 aromatic rings. The standard InChI is InChI=1S/C23H32N4O3/c28-21(11-10-20-8-4-3-5-9-20)24-18-22(29)27-16-14-25(15-17-27)19-23(30)26-12-6-1-2-7-13-26/h3-5,8-11H,1-2,6-7,12-19H2,(H,24,28)/b11-10+. The molecule has 0 aliphatic carbocycles. The van der Waals surface area contributed by atoms with Gasteiger partial charge in [-0.05, 0) is 24.5 Å². The highest BCUT2D eigenvalue weighted by Gasteiger charge is 2.24. The Labute approximate surface area is 178 Å². The van der Waals surface area contributed by atoms with E-state index in [9.17, 15) is 14.4 Å². The van der Waals surface area contributed by atoms with Crippen LogP contribution in [-0.4, -0.2) is 84.8 Å². The summed E-state index contributed by atoms with van der Waals surface area (Å²) in [6.45, 7) is 4.71. The van der Waals surface area contributed by atoms with Crippen molar-refractivity contribution in [3.63, 3.8) is 0 Å². The van der Waals surface area contributed by atoms with E-state index in [1.54, 1.807) is 11.0 Å². The van der Waals surface area contributed by atoms with Crippen molar-refractivity contribution in [2.75, 3.05) is 52.4 Å². The molecule has 162 valence electrons. The lowest BCUT2D eigenvalue weighted by molar-refractivity contribution is -0.135. The van der Waals surface area contributed by atoms with Crippen LogP contribution in [-0.2, 0) is 14.4 Å². The number of rotatable bonds is 6. The van der Waals surface area contributed by atoms with Gasteiger partial charge in [-0.3, -0.25) is 19.3 Å². The van der Waals surface area contributed by atoms with E-state index in [-0.39, 0.29) is 24.3 Å². The summed E-state index contributed by atoms with van der Waals surface area (Å²) in [4.78, 5) is 42.7. The molecular weight excluding hydrogens is 380 g/mol. The predicted octanol–water partition coefficient (Wildman–Crippen LogP) is 1.36. The number of amides is 3. The number of carbonyl (C=O) groups is 3. The molecule has 30 heavy (non-hydrogen) atoms. The molecule has 1 N–H and O–H groups in total. The van der Waals surface area contributed by atoms with E-state index >= 15 is 0 Å². The van der Waals surface area contributed by atoms with Crippen molar-refractivity contribution in [1.82, 2.24) is 20.0 Å². The Hall–Kier alpha value is -2.67. The van der Waals surface area contributed by atoms with E-state index in [4.69, 9.17) is 0 Å². The summed E-state index contributed by atoms with van der Waals surface area (Å²) in [6, 6.07) is 9.54. The monoisotopic (exact) mass is 412 g/mol. The number of nitrogens with zero attached hydrogens (tertiary/aromatic N) is 3. The van der Waals surface area contributed by atoms with Crippen molar-refractivity contribution in [3.8, 4) is 0 Å². The fraction of sp³-hybridized carbons (Fsp3) is 0.522. The SMILES string of the molecule is O=C(/C=C/c1ccccc1)NCC(=O)N1CCN(CC(=O)N2CCCCCC2)CC1. The molecule has 0 unspecified atom stereocenters. The van der Waals surface area contributed by atoms with Gasteiger partial charge in [-0.15, -0.1) is 0 Å². The molecule has 1 aromatic carbocycles. The molecule has 2 heterocycles. The molecule has 0 spiro atoms. The lowest BCUT2D eigenvalue weighted by atomic mass is 10.2. The third-order valence-electron chi connectivity index (χ3n) is 5.68.